The average Bonchev–Trinajstić information content (AvgIpc) is 3.08. The molecule has 6 nitrogen and oxygen atoms in total. The van der Waals surface area contributed by atoms with Gasteiger partial charge in [-0.2, -0.15) is 0 Å². The van der Waals surface area contributed by atoms with E-state index in [9.17, 15) is 9.59 Å². The molecule has 7 heteroatoms. The SMILES string of the molecule is Cc1cc(Cl)ccc1OCC(=O)N1CCCN(CC(=O)N2CCCC2)CC1. The summed E-state index contributed by atoms with van der Waals surface area (Å²) in [5, 5.41) is 0.655. The fourth-order valence-corrected chi connectivity index (χ4v) is 3.87. The average molecular weight is 394 g/mol. The molecule has 0 unspecified atom stereocenters. The quantitative estimate of drug-likeness (QED) is 0.769. The highest BCUT2D eigenvalue weighted by molar-refractivity contribution is 6.30. The molecule has 2 heterocycles. The molecule has 3 rings (SSSR count). The van der Waals surface area contributed by atoms with Gasteiger partial charge in [-0.1, -0.05) is 11.6 Å². The number of amides is 2. The van der Waals surface area contributed by atoms with Crippen molar-refractivity contribution in [1.82, 2.24) is 14.7 Å². The predicted molar refractivity (Wildman–Crippen MR) is 105 cm³/mol. The summed E-state index contributed by atoms with van der Waals surface area (Å²) in [6.45, 7) is 7.08. The van der Waals surface area contributed by atoms with E-state index in [-0.39, 0.29) is 18.4 Å². The van der Waals surface area contributed by atoms with E-state index in [1.165, 1.54) is 0 Å². The highest BCUT2D eigenvalue weighted by atomic mass is 35.5. The van der Waals surface area contributed by atoms with Crippen molar-refractivity contribution in [2.75, 3.05) is 52.4 Å². The van der Waals surface area contributed by atoms with Gasteiger partial charge in [-0.05, 0) is 49.9 Å². The van der Waals surface area contributed by atoms with Gasteiger partial charge in [0, 0.05) is 44.3 Å². The summed E-state index contributed by atoms with van der Waals surface area (Å²) in [6, 6.07) is 5.37. The maximum atomic E-state index is 12.5. The van der Waals surface area contributed by atoms with Crippen LogP contribution in [-0.2, 0) is 9.59 Å². The van der Waals surface area contributed by atoms with Crippen molar-refractivity contribution in [2.45, 2.75) is 26.2 Å². The van der Waals surface area contributed by atoms with Crippen molar-refractivity contribution < 1.29 is 14.3 Å². The van der Waals surface area contributed by atoms with Crippen LogP contribution < -0.4 is 4.74 Å². The molecule has 2 saturated heterocycles. The summed E-state index contributed by atoms with van der Waals surface area (Å²) in [5.41, 5.74) is 0.915. The van der Waals surface area contributed by atoms with Crippen LogP contribution in [-0.4, -0.2) is 78.9 Å². The summed E-state index contributed by atoms with van der Waals surface area (Å²) in [7, 11) is 0. The minimum absolute atomic E-state index is 0.0166. The number of nitrogens with zero attached hydrogens (tertiary/aromatic N) is 3. The van der Waals surface area contributed by atoms with Crippen molar-refractivity contribution >= 4 is 23.4 Å². The van der Waals surface area contributed by atoms with E-state index in [2.05, 4.69) is 4.90 Å². The zero-order valence-electron chi connectivity index (χ0n) is 16.0. The third-order valence-corrected chi connectivity index (χ3v) is 5.48. The molecular formula is C20H28ClN3O3. The molecule has 0 atom stereocenters. The molecule has 0 N–H and O–H groups in total. The van der Waals surface area contributed by atoms with E-state index in [1.54, 1.807) is 12.1 Å². The van der Waals surface area contributed by atoms with Crippen LogP contribution in [0.1, 0.15) is 24.8 Å². The molecule has 0 aromatic heterocycles. The minimum atomic E-state index is -0.0166. The molecule has 2 amide bonds. The first-order valence-electron chi connectivity index (χ1n) is 9.70. The summed E-state index contributed by atoms with van der Waals surface area (Å²) in [4.78, 5) is 30.8. The highest BCUT2D eigenvalue weighted by Crippen LogP contribution is 2.21. The van der Waals surface area contributed by atoms with Crippen molar-refractivity contribution in [3.8, 4) is 5.75 Å². The van der Waals surface area contributed by atoms with Gasteiger partial charge in [0.2, 0.25) is 5.91 Å². The first-order chi connectivity index (χ1) is 13.0. The molecule has 0 saturated carbocycles. The van der Waals surface area contributed by atoms with E-state index in [1.807, 2.05) is 22.8 Å². The van der Waals surface area contributed by atoms with Crippen molar-refractivity contribution in [1.29, 1.82) is 0 Å². The van der Waals surface area contributed by atoms with Gasteiger partial charge < -0.3 is 14.5 Å². The monoisotopic (exact) mass is 393 g/mol. The Hall–Kier alpha value is -1.79. The van der Waals surface area contributed by atoms with E-state index >= 15 is 0 Å². The van der Waals surface area contributed by atoms with Crippen LogP contribution in [0.4, 0.5) is 0 Å². The fraction of sp³-hybridized carbons (Fsp3) is 0.600. The molecule has 1 aromatic carbocycles. The molecule has 2 aliphatic heterocycles. The van der Waals surface area contributed by atoms with Gasteiger partial charge in [-0.15, -0.1) is 0 Å². The Morgan fingerprint density at radius 2 is 1.67 bits per heavy atom. The lowest BCUT2D eigenvalue weighted by molar-refractivity contribution is -0.133. The van der Waals surface area contributed by atoms with E-state index < -0.39 is 0 Å². The normalized spacial score (nSPS) is 18.4. The number of ether oxygens (including phenoxy) is 1. The Morgan fingerprint density at radius 3 is 2.41 bits per heavy atom. The number of likely N-dealkylation sites (tertiary alicyclic amines) is 1. The van der Waals surface area contributed by atoms with Crippen LogP contribution in [0.15, 0.2) is 18.2 Å². The first-order valence-corrected chi connectivity index (χ1v) is 10.1. The highest BCUT2D eigenvalue weighted by Gasteiger charge is 2.24. The number of rotatable bonds is 5. The Balaban J connectivity index is 1.45. The number of carbonyl (C=O) groups is 2. The van der Waals surface area contributed by atoms with Crippen LogP contribution in [0, 0.1) is 6.92 Å². The van der Waals surface area contributed by atoms with Crippen LogP contribution in [0.5, 0.6) is 5.75 Å². The zero-order valence-corrected chi connectivity index (χ0v) is 16.7. The lowest BCUT2D eigenvalue weighted by Gasteiger charge is -2.24. The molecule has 0 radical (unpaired) electrons. The largest absolute Gasteiger partial charge is 0.483 e. The number of hydrogen-bond donors (Lipinski definition) is 0. The zero-order chi connectivity index (χ0) is 19.2. The Labute approximate surface area is 166 Å². The van der Waals surface area contributed by atoms with Gasteiger partial charge in [0.15, 0.2) is 6.61 Å². The van der Waals surface area contributed by atoms with Crippen LogP contribution in [0.3, 0.4) is 0 Å². The van der Waals surface area contributed by atoms with Gasteiger partial charge >= 0.3 is 0 Å². The van der Waals surface area contributed by atoms with Crippen molar-refractivity contribution in [3.63, 3.8) is 0 Å². The van der Waals surface area contributed by atoms with Gasteiger partial charge in [-0.3, -0.25) is 14.5 Å². The summed E-state index contributed by atoms with van der Waals surface area (Å²) < 4.78 is 5.68. The standard InChI is InChI=1S/C20H28ClN3O3/c1-16-13-17(21)5-6-18(16)27-15-20(26)24-10-4-7-22(11-12-24)14-19(25)23-8-2-3-9-23/h5-6,13H,2-4,7-12,14-15H2,1H3. The van der Waals surface area contributed by atoms with E-state index in [0.717, 1.165) is 51.0 Å². The van der Waals surface area contributed by atoms with Crippen molar-refractivity contribution in [3.05, 3.63) is 28.8 Å². The van der Waals surface area contributed by atoms with Gasteiger partial charge in [0.05, 0.1) is 6.54 Å². The Bertz CT molecular complexity index is 676. The second kappa shape index (κ2) is 9.42. The lowest BCUT2D eigenvalue weighted by Crippen LogP contribution is -2.41. The molecule has 0 spiro atoms. The van der Waals surface area contributed by atoms with Gasteiger partial charge in [0.25, 0.3) is 5.91 Å². The Morgan fingerprint density at radius 1 is 0.963 bits per heavy atom. The minimum Gasteiger partial charge on any atom is -0.483 e. The summed E-state index contributed by atoms with van der Waals surface area (Å²) in [5.74, 6) is 0.881. The van der Waals surface area contributed by atoms with Gasteiger partial charge in [-0.25, -0.2) is 0 Å². The predicted octanol–water partition coefficient (Wildman–Crippen LogP) is 2.18. The second-order valence-corrected chi connectivity index (χ2v) is 7.73. The summed E-state index contributed by atoms with van der Waals surface area (Å²) in [6.07, 6.45) is 3.10. The maximum Gasteiger partial charge on any atom is 0.260 e. The van der Waals surface area contributed by atoms with E-state index in [4.69, 9.17) is 16.3 Å². The maximum absolute atomic E-state index is 12.5. The molecule has 2 fully saturated rings. The topological polar surface area (TPSA) is 53.1 Å². The number of hydrogen-bond acceptors (Lipinski definition) is 4. The van der Waals surface area contributed by atoms with Crippen LogP contribution >= 0.6 is 11.6 Å². The number of halogens is 1. The number of aryl methyl sites for hydroxylation is 1. The third-order valence-electron chi connectivity index (χ3n) is 5.25. The first kappa shape index (κ1) is 20.0. The molecule has 0 bridgehead atoms. The van der Waals surface area contributed by atoms with Crippen LogP contribution in [0.25, 0.3) is 0 Å². The van der Waals surface area contributed by atoms with Crippen LogP contribution in [0.2, 0.25) is 5.02 Å². The van der Waals surface area contributed by atoms with Gasteiger partial charge in [0.1, 0.15) is 5.75 Å². The molecule has 1 aromatic rings. The molecule has 0 aliphatic carbocycles. The smallest absolute Gasteiger partial charge is 0.260 e. The summed E-state index contributed by atoms with van der Waals surface area (Å²) >= 11 is 5.95. The Kier molecular flexibility index (Phi) is 6.96. The number of benzene rings is 1. The molecule has 27 heavy (non-hydrogen) atoms. The molecular weight excluding hydrogens is 366 g/mol. The van der Waals surface area contributed by atoms with Crippen molar-refractivity contribution in [2.24, 2.45) is 0 Å². The lowest BCUT2D eigenvalue weighted by atomic mass is 10.2. The fourth-order valence-electron chi connectivity index (χ4n) is 3.64. The third kappa shape index (κ3) is 5.59. The molecule has 148 valence electrons. The number of carbonyl (C=O) groups excluding carboxylic acids is 2. The van der Waals surface area contributed by atoms with E-state index in [0.29, 0.717) is 30.4 Å². The molecule has 2 aliphatic rings. The second-order valence-electron chi connectivity index (χ2n) is 7.30.